The van der Waals surface area contributed by atoms with E-state index < -0.39 is 12.7 Å². The predicted octanol–water partition coefficient (Wildman–Crippen LogP) is 3.11. The molecule has 0 bridgehead atoms. The minimum absolute atomic E-state index is 0.244. The number of rotatable bonds is 2. The molecule has 27 heavy (non-hydrogen) atoms. The van der Waals surface area contributed by atoms with E-state index in [1.165, 1.54) is 0 Å². The Morgan fingerprint density at radius 2 is 1.85 bits per heavy atom. The molecule has 0 saturated carbocycles. The van der Waals surface area contributed by atoms with E-state index in [-0.39, 0.29) is 23.2 Å². The molecule has 0 radical (unpaired) electrons. The first-order valence-electron chi connectivity index (χ1n) is 9.67. The third-order valence-electron chi connectivity index (χ3n) is 5.62. The van der Waals surface area contributed by atoms with Gasteiger partial charge >= 0.3 is 13.2 Å². The molecule has 6 nitrogen and oxygen atoms in total. The Labute approximate surface area is 162 Å². The maximum Gasteiger partial charge on any atom is 0.514 e. The molecule has 0 aromatic carbocycles. The zero-order chi connectivity index (χ0) is 20.0. The van der Waals surface area contributed by atoms with E-state index in [1.807, 2.05) is 60.7 Å². The molecule has 3 rings (SSSR count). The van der Waals surface area contributed by atoms with Crippen LogP contribution in [-0.4, -0.2) is 53.0 Å². The normalized spacial score (nSPS) is 24.3. The lowest BCUT2D eigenvalue weighted by Crippen LogP contribution is -2.41. The van der Waals surface area contributed by atoms with Crippen LogP contribution in [0, 0.1) is 0 Å². The van der Waals surface area contributed by atoms with Crippen LogP contribution in [0.2, 0.25) is 0 Å². The fourth-order valence-electron chi connectivity index (χ4n) is 3.29. The van der Waals surface area contributed by atoms with Gasteiger partial charge in [0.05, 0.1) is 16.8 Å². The summed E-state index contributed by atoms with van der Waals surface area (Å²) in [6.07, 6.45) is 2.55. The van der Waals surface area contributed by atoms with Crippen LogP contribution in [0.3, 0.4) is 0 Å². The number of likely N-dealkylation sites (tertiary alicyclic amines) is 1. The van der Waals surface area contributed by atoms with Crippen molar-refractivity contribution >= 4 is 18.8 Å². The van der Waals surface area contributed by atoms with Gasteiger partial charge in [0.1, 0.15) is 5.60 Å². The minimum Gasteiger partial charge on any atom is -0.444 e. The summed E-state index contributed by atoms with van der Waals surface area (Å²) in [5.41, 5.74) is 0.677. The third kappa shape index (κ3) is 4.30. The molecule has 3 heterocycles. The summed E-state index contributed by atoms with van der Waals surface area (Å²) in [5.74, 6) is 0.275. The summed E-state index contributed by atoms with van der Waals surface area (Å²) in [5, 5.41) is 0. The first-order chi connectivity index (χ1) is 12.4. The highest BCUT2D eigenvalue weighted by atomic mass is 16.7. The van der Waals surface area contributed by atoms with Crippen molar-refractivity contribution in [2.24, 2.45) is 0 Å². The van der Waals surface area contributed by atoms with Gasteiger partial charge in [-0.25, -0.2) is 4.79 Å². The summed E-state index contributed by atoms with van der Waals surface area (Å²) in [4.78, 5) is 18.6. The van der Waals surface area contributed by atoms with E-state index in [4.69, 9.17) is 14.0 Å². The number of pyridine rings is 1. The molecule has 148 valence electrons. The van der Waals surface area contributed by atoms with E-state index in [2.05, 4.69) is 11.1 Å². The van der Waals surface area contributed by atoms with Crippen molar-refractivity contribution < 1.29 is 18.8 Å². The molecule has 7 heteroatoms. The first-order valence-corrected chi connectivity index (χ1v) is 9.67. The second-order valence-corrected chi connectivity index (χ2v) is 9.52. The number of carbonyl (C=O) groups is 1. The molecule has 1 amide bonds. The molecule has 1 atom stereocenters. The van der Waals surface area contributed by atoms with Crippen molar-refractivity contribution in [3.63, 3.8) is 0 Å². The molecule has 0 spiro atoms. The topological polar surface area (TPSA) is 60.9 Å². The van der Waals surface area contributed by atoms with Crippen LogP contribution >= 0.6 is 0 Å². The second kappa shape index (κ2) is 6.78. The quantitative estimate of drug-likeness (QED) is 0.745. The van der Waals surface area contributed by atoms with E-state index in [1.54, 1.807) is 4.90 Å². The number of ether oxygens (including phenoxy) is 1. The fraction of sp³-hybridized carbons (Fsp3) is 0.700. The number of nitrogens with zero attached hydrogens (tertiary/aromatic N) is 2. The lowest BCUT2D eigenvalue weighted by molar-refractivity contribution is 0.00578. The second-order valence-electron chi connectivity index (χ2n) is 9.52. The number of aromatic nitrogens is 1. The summed E-state index contributed by atoms with van der Waals surface area (Å²) < 4.78 is 17.6. The van der Waals surface area contributed by atoms with Crippen molar-refractivity contribution in [1.29, 1.82) is 0 Å². The average molecular weight is 374 g/mol. The highest BCUT2D eigenvalue weighted by Crippen LogP contribution is 2.36. The van der Waals surface area contributed by atoms with E-state index in [0.717, 1.165) is 17.6 Å². The van der Waals surface area contributed by atoms with Gasteiger partial charge in [-0.2, -0.15) is 0 Å². The van der Waals surface area contributed by atoms with Crippen LogP contribution in [-0.2, 0) is 14.0 Å². The SMILES string of the molecule is CC(C)(C)OC(=O)N1CCC(c2ccc(B3OC(C)(C)C(C)(C)O3)nc2)C1. The highest BCUT2D eigenvalue weighted by molar-refractivity contribution is 6.61. The van der Waals surface area contributed by atoms with E-state index in [9.17, 15) is 4.79 Å². The van der Waals surface area contributed by atoms with Crippen LogP contribution in [0.15, 0.2) is 18.3 Å². The maximum absolute atomic E-state index is 12.2. The van der Waals surface area contributed by atoms with Crippen molar-refractivity contribution in [2.75, 3.05) is 13.1 Å². The Morgan fingerprint density at radius 3 is 2.37 bits per heavy atom. The largest absolute Gasteiger partial charge is 0.514 e. The minimum atomic E-state index is -0.471. The number of carbonyl (C=O) groups excluding carboxylic acids is 1. The summed E-state index contributed by atoms with van der Waals surface area (Å²) >= 11 is 0. The lowest BCUT2D eigenvalue weighted by atomic mass is 9.83. The van der Waals surface area contributed by atoms with Gasteiger partial charge in [0, 0.05) is 25.2 Å². The molecule has 0 N–H and O–H groups in total. The lowest BCUT2D eigenvalue weighted by Gasteiger charge is -2.32. The summed E-state index contributed by atoms with van der Waals surface area (Å²) in [6.45, 7) is 15.2. The van der Waals surface area contributed by atoms with Crippen molar-refractivity contribution in [3.8, 4) is 0 Å². The standard InChI is InChI=1S/C20H31BN2O4/c1-18(2,3)25-17(24)23-11-10-15(13-23)14-8-9-16(22-12-14)21-26-19(4,5)20(6,7)27-21/h8-9,12,15H,10-11,13H2,1-7H3. The van der Waals surface area contributed by atoms with E-state index >= 15 is 0 Å². The fourth-order valence-corrected chi connectivity index (χ4v) is 3.29. The average Bonchev–Trinajstić information content (AvgIpc) is 3.09. The van der Waals surface area contributed by atoms with Crippen molar-refractivity contribution in [1.82, 2.24) is 9.88 Å². The van der Waals surface area contributed by atoms with Crippen LogP contribution in [0.4, 0.5) is 4.79 Å². The zero-order valence-electron chi connectivity index (χ0n) is 17.5. The van der Waals surface area contributed by atoms with Crippen molar-refractivity contribution in [3.05, 3.63) is 23.9 Å². The summed E-state index contributed by atoms with van der Waals surface area (Å²) in [7, 11) is -0.453. The van der Waals surface area contributed by atoms with Gasteiger partial charge in [0.2, 0.25) is 0 Å². The van der Waals surface area contributed by atoms with Gasteiger partial charge in [-0.3, -0.25) is 4.98 Å². The number of hydrogen-bond donors (Lipinski definition) is 0. The Hall–Kier alpha value is -1.60. The van der Waals surface area contributed by atoms with Crippen LogP contribution in [0.25, 0.3) is 0 Å². The van der Waals surface area contributed by atoms with Crippen molar-refractivity contribution in [2.45, 2.75) is 77.6 Å². The van der Waals surface area contributed by atoms with Gasteiger partial charge < -0.3 is 18.9 Å². The van der Waals surface area contributed by atoms with Gasteiger partial charge in [-0.05, 0) is 66.5 Å². The summed E-state index contributed by atoms with van der Waals surface area (Å²) in [6, 6.07) is 4.03. The number of amides is 1. The van der Waals surface area contributed by atoms with Crippen LogP contribution in [0.1, 0.15) is 66.4 Å². The Balaban J connectivity index is 1.63. The molecule has 1 aromatic rings. The number of hydrogen-bond acceptors (Lipinski definition) is 5. The van der Waals surface area contributed by atoms with Gasteiger partial charge in [0.15, 0.2) is 0 Å². The van der Waals surface area contributed by atoms with Crippen LogP contribution < -0.4 is 5.59 Å². The Morgan fingerprint density at radius 1 is 1.22 bits per heavy atom. The molecule has 2 aliphatic heterocycles. The molecular weight excluding hydrogens is 343 g/mol. The predicted molar refractivity (Wildman–Crippen MR) is 105 cm³/mol. The Kier molecular flexibility index (Phi) is 5.06. The van der Waals surface area contributed by atoms with Gasteiger partial charge in [-0.1, -0.05) is 6.07 Å². The van der Waals surface area contributed by atoms with E-state index in [0.29, 0.717) is 13.1 Å². The molecule has 2 fully saturated rings. The molecule has 1 aromatic heterocycles. The first kappa shape index (κ1) is 20.1. The molecule has 2 saturated heterocycles. The third-order valence-corrected chi connectivity index (χ3v) is 5.62. The Bertz CT molecular complexity index is 681. The maximum atomic E-state index is 12.2. The van der Waals surface area contributed by atoms with Crippen LogP contribution in [0.5, 0.6) is 0 Å². The van der Waals surface area contributed by atoms with Gasteiger partial charge in [-0.15, -0.1) is 0 Å². The molecule has 2 aliphatic rings. The molecule has 0 aliphatic carbocycles. The molecular formula is C20H31BN2O4. The smallest absolute Gasteiger partial charge is 0.444 e. The van der Waals surface area contributed by atoms with Gasteiger partial charge in [0.25, 0.3) is 0 Å². The highest BCUT2D eigenvalue weighted by Gasteiger charge is 2.52. The monoisotopic (exact) mass is 374 g/mol. The zero-order valence-corrected chi connectivity index (χ0v) is 17.5. The molecule has 1 unspecified atom stereocenters.